The lowest BCUT2D eigenvalue weighted by atomic mass is 9.90. The van der Waals surface area contributed by atoms with Gasteiger partial charge in [-0.2, -0.15) is 0 Å². The van der Waals surface area contributed by atoms with Crippen molar-refractivity contribution in [1.29, 1.82) is 0 Å². The number of hydrogen-bond donors (Lipinski definition) is 4. The van der Waals surface area contributed by atoms with Crippen LogP contribution in [0.25, 0.3) is 10.6 Å². The molecule has 0 unspecified atom stereocenters. The van der Waals surface area contributed by atoms with Crippen molar-refractivity contribution in [3.05, 3.63) is 57.9 Å². The Hall–Kier alpha value is -2.42. The van der Waals surface area contributed by atoms with Crippen molar-refractivity contribution in [3.63, 3.8) is 0 Å². The second kappa shape index (κ2) is 10.2. The molecular formula is C23H22ClNO7S. The molecule has 1 fully saturated rings. The molecular weight excluding hydrogens is 470 g/mol. The average Bonchev–Trinajstić information content (AvgIpc) is 3.50. The number of aliphatic hydroxyl groups is 4. The van der Waals surface area contributed by atoms with Gasteiger partial charge in [0.05, 0.1) is 22.8 Å². The minimum Gasteiger partial charge on any atom is -0.481 e. The molecule has 1 saturated heterocycles. The number of halogens is 1. The number of benzene rings is 1. The van der Waals surface area contributed by atoms with Gasteiger partial charge in [0.2, 0.25) is 0 Å². The first-order chi connectivity index (χ1) is 15.9. The van der Waals surface area contributed by atoms with Crippen LogP contribution in [0.4, 0.5) is 0 Å². The zero-order valence-electron chi connectivity index (χ0n) is 17.3. The van der Waals surface area contributed by atoms with Crippen molar-refractivity contribution in [2.45, 2.75) is 36.9 Å². The van der Waals surface area contributed by atoms with Gasteiger partial charge in [0.15, 0.2) is 0 Å². The number of rotatable bonds is 7. The van der Waals surface area contributed by atoms with E-state index in [1.165, 1.54) is 11.3 Å². The van der Waals surface area contributed by atoms with E-state index in [1.807, 2.05) is 6.07 Å². The molecule has 0 amide bonds. The van der Waals surface area contributed by atoms with Gasteiger partial charge in [-0.15, -0.1) is 17.8 Å². The lowest BCUT2D eigenvalue weighted by Gasteiger charge is -2.40. The van der Waals surface area contributed by atoms with Crippen molar-refractivity contribution in [1.82, 2.24) is 4.98 Å². The number of hydrogen-bond acceptors (Lipinski definition) is 9. The summed E-state index contributed by atoms with van der Waals surface area (Å²) < 4.78 is 16.8. The summed E-state index contributed by atoms with van der Waals surface area (Å²) in [6.07, 6.45) is 2.36. The highest BCUT2D eigenvalue weighted by atomic mass is 35.5. The predicted molar refractivity (Wildman–Crippen MR) is 121 cm³/mol. The molecule has 3 aromatic rings. The van der Waals surface area contributed by atoms with E-state index in [-0.39, 0.29) is 12.4 Å². The molecule has 3 heterocycles. The smallest absolute Gasteiger partial charge is 0.148 e. The molecule has 0 radical (unpaired) electrons. The second-order valence-electron chi connectivity index (χ2n) is 7.50. The van der Waals surface area contributed by atoms with Crippen LogP contribution in [0.1, 0.15) is 22.2 Å². The molecule has 1 aliphatic rings. The van der Waals surface area contributed by atoms with Crippen molar-refractivity contribution in [2.75, 3.05) is 13.2 Å². The van der Waals surface area contributed by atoms with Crippen LogP contribution in [0.3, 0.4) is 0 Å². The molecule has 1 aromatic carbocycles. The maximum absolute atomic E-state index is 10.6. The highest BCUT2D eigenvalue weighted by Gasteiger charge is 2.45. The maximum Gasteiger partial charge on any atom is 0.148 e. The molecule has 4 rings (SSSR count). The Labute approximate surface area is 199 Å². The fourth-order valence-electron chi connectivity index (χ4n) is 3.67. The largest absolute Gasteiger partial charge is 0.481 e. The van der Waals surface area contributed by atoms with Crippen molar-refractivity contribution >= 4 is 22.9 Å². The van der Waals surface area contributed by atoms with Gasteiger partial charge in [-0.05, 0) is 29.8 Å². The van der Waals surface area contributed by atoms with E-state index >= 15 is 0 Å². The summed E-state index contributed by atoms with van der Waals surface area (Å²) in [4.78, 5) is 5.31. The summed E-state index contributed by atoms with van der Waals surface area (Å²) in [5.74, 6) is 3.35. The maximum atomic E-state index is 10.6. The lowest BCUT2D eigenvalue weighted by molar-refractivity contribution is -0.232. The first-order valence-corrected chi connectivity index (χ1v) is 11.3. The minimum absolute atomic E-state index is 0.0565. The summed E-state index contributed by atoms with van der Waals surface area (Å²) in [5.41, 5.74) is 1.06. The average molecular weight is 492 g/mol. The molecule has 174 valence electrons. The summed E-state index contributed by atoms with van der Waals surface area (Å²) in [6, 6.07) is 6.90. The fourth-order valence-corrected chi connectivity index (χ4v) is 4.80. The van der Waals surface area contributed by atoms with Crippen molar-refractivity contribution < 1.29 is 34.3 Å². The van der Waals surface area contributed by atoms with Gasteiger partial charge in [-0.3, -0.25) is 0 Å². The Balaban J connectivity index is 1.68. The van der Waals surface area contributed by atoms with Crippen LogP contribution in [0.2, 0.25) is 5.02 Å². The number of furan rings is 1. The Morgan fingerprint density at radius 2 is 2.03 bits per heavy atom. The first kappa shape index (κ1) is 23.7. The predicted octanol–water partition coefficient (Wildman–Crippen LogP) is 2.17. The standard InChI is InChI=1S/C23H22ClNO7S/c1-2-5-30-16-9-14(24)12(8-19-25-10-18(33-19)15-4-3-6-31-15)7-13(16)23-22(29)21(28)20(27)17(11-26)32-23/h1,3-4,6-7,9-10,17,20-23,26-29H,5,8,11H2/t17-,20-,21+,22-,23+/m1/s1. The minimum atomic E-state index is -1.53. The third-order valence-electron chi connectivity index (χ3n) is 5.35. The van der Waals surface area contributed by atoms with Gasteiger partial charge in [-0.1, -0.05) is 17.5 Å². The molecule has 0 bridgehead atoms. The number of thiazole rings is 1. The Bertz CT molecular complexity index is 1120. The topological polar surface area (TPSA) is 125 Å². The van der Waals surface area contributed by atoms with E-state index in [9.17, 15) is 20.4 Å². The van der Waals surface area contributed by atoms with E-state index in [0.717, 1.165) is 9.88 Å². The van der Waals surface area contributed by atoms with Gasteiger partial charge in [0, 0.05) is 23.2 Å². The number of nitrogens with zero attached hydrogens (tertiary/aromatic N) is 1. The monoisotopic (exact) mass is 491 g/mol. The Morgan fingerprint density at radius 3 is 2.73 bits per heavy atom. The quantitative estimate of drug-likeness (QED) is 0.371. The highest BCUT2D eigenvalue weighted by molar-refractivity contribution is 7.15. The second-order valence-corrected chi connectivity index (χ2v) is 9.02. The highest BCUT2D eigenvalue weighted by Crippen LogP contribution is 2.40. The molecule has 1 aliphatic heterocycles. The van der Waals surface area contributed by atoms with Crippen LogP contribution in [-0.2, 0) is 11.2 Å². The number of aliphatic hydroxyl groups excluding tert-OH is 4. The van der Waals surface area contributed by atoms with E-state index in [0.29, 0.717) is 28.3 Å². The normalized spacial score (nSPS) is 25.0. The fraction of sp³-hybridized carbons (Fsp3) is 0.348. The van der Waals surface area contributed by atoms with Gasteiger partial charge in [-0.25, -0.2) is 4.98 Å². The van der Waals surface area contributed by atoms with Crippen LogP contribution in [-0.4, -0.2) is 63.0 Å². The van der Waals surface area contributed by atoms with Crippen LogP contribution in [0.15, 0.2) is 41.1 Å². The SMILES string of the molecule is C#CCOc1cc(Cl)c(Cc2ncc(-c3ccco3)s2)cc1[C@@H]1O[C@H](CO)[C@@H](O)[C@H](O)[C@H]1O. The van der Waals surface area contributed by atoms with Crippen LogP contribution in [0.5, 0.6) is 5.75 Å². The molecule has 33 heavy (non-hydrogen) atoms. The Kier molecular flexibility index (Phi) is 7.36. The summed E-state index contributed by atoms with van der Waals surface area (Å²) in [7, 11) is 0. The number of aromatic nitrogens is 1. The molecule has 0 aliphatic carbocycles. The Morgan fingerprint density at radius 1 is 1.21 bits per heavy atom. The molecule has 8 nitrogen and oxygen atoms in total. The third-order valence-corrected chi connectivity index (χ3v) is 6.71. The lowest BCUT2D eigenvalue weighted by Crippen LogP contribution is -2.55. The van der Waals surface area contributed by atoms with Gasteiger partial charge in [0.25, 0.3) is 0 Å². The van der Waals surface area contributed by atoms with Crippen molar-refractivity contribution in [2.24, 2.45) is 0 Å². The van der Waals surface area contributed by atoms with Crippen LogP contribution < -0.4 is 4.74 Å². The number of ether oxygens (including phenoxy) is 2. The zero-order valence-corrected chi connectivity index (χ0v) is 18.9. The zero-order chi connectivity index (χ0) is 23.5. The van der Waals surface area contributed by atoms with E-state index in [2.05, 4.69) is 10.9 Å². The molecule has 0 saturated carbocycles. The van der Waals surface area contributed by atoms with Crippen LogP contribution >= 0.6 is 22.9 Å². The van der Waals surface area contributed by atoms with Gasteiger partial charge in [0.1, 0.15) is 48.6 Å². The summed E-state index contributed by atoms with van der Waals surface area (Å²) in [5, 5.41) is 41.7. The molecule has 5 atom stereocenters. The molecule has 0 spiro atoms. The van der Waals surface area contributed by atoms with Gasteiger partial charge >= 0.3 is 0 Å². The number of terminal acetylenes is 1. The van der Waals surface area contributed by atoms with Crippen molar-refractivity contribution in [3.8, 4) is 28.7 Å². The van der Waals surface area contributed by atoms with Gasteiger partial charge < -0.3 is 34.3 Å². The summed E-state index contributed by atoms with van der Waals surface area (Å²) >= 11 is 7.96. The van der Waals surface area contributed by atoms with E-state index < -0.39 is 37.1 Å². The first-order valence-electron chi connectivity index (χ1n) is 10.1. The van der Waals surface area contributed by atoms with E-state index in [1.54, 1.807) is 30.7 Å². The van der Waals surface area contributed by atoms with Crippen LogP contribution in [0, 0.1) is 12.3 Å². The molecule has 4 N–H and O–H groups in total. The molecule has 2 aromatic heterocycles. The third kappa shape index (κ3) is 4.93. The van der Waals surface area contributed by atoms with E-state index in [4.69, 9.17) is 31.9 Å². The molecule has 10 heteroatoms. The summed E-state index contributed by atoms with van der Waals surface area (Å²) in [6.45, 7) is -0.601.